The minimum atomic E-state index is 0.0488. The number of hydrogen-bond acceptors (Lipinski definition) is 0. The summed E-state index contributed by atoms with van der Waals surface area (Å²) < 4.78 is 0. The van der Waals surface area contributed by atoms with Gasteiger partial charge < -0.3 is 0 Å². The van der Waals surface area contributed by atoms with Crippen LogP contribution in [-0.2, 0) is 0 Å². The van der Waals surface area contributed by atoms with Gasteiger partial charge in [0.2, 0.25) is 0 Å². The second kappa shape index (κ2) is 12.0. The van der Waals surface area contributed by atoms with Gasteiger partial charge in [-0.1, -0.05) is 70.2 Å². The van der Waals surface area contributed by atoms with Gasteiger partial charge in [-0.25, -0.2) is 0 Å². The number of unbranched alkanes of at least 4 members (excludes halogenated alkanes) is 8. The van der Waals surface area contributed by atoms with Crippen LogP contribution in [0, 0.1) is 0 Å². The molecule has 0 aliphatic carbocycles. The average molecular weight is 225 g/mol. The summed E-state index contributed by atoms with van der Waals surface area (Å²) in [5.41, 5.74) is 0. The van der Waals surface area contributed by atoms with E-state index in [2.05, 4.69) is 19.7 Å². The van der Waals surface area contributed by atoms with Crippen LogP contribution < -0.4 is 0 Å². The molecule has 0 saturated heterocycles. The first-order valence-electron chi connectivity index (χ1n) is 6.67. The van der Waals surface area contributed by atoms with E-state index in [-0.39, 0.29) is 8.80 Å². The average Bonchev–Trinajstić information content (AvgIpc) is 2.20. The van der Waals surface area contributed by atoms with E-state index in [1.807, 2.05) is 6.08 Å². The molecule has 0 amide bonds. The molecule has 0 N–H and O–H groups in total. The molecular formula is C14H29Si. The monoisotopic (exact) mass is 225 g/mol. The smallest absolute Gasteiger partial charge is 0.0412 e. The summed E-state index contributed by atoms with van der Waals surface area (Å²) in [5.74, 6) is 0. The molecule has 0 rings (SSSR count). The summed E-state index contributed by atoms with van der Waals surface area (Å²) in [6, 6.07) is 1.52. The van der Waals surface area contributed by atoms with Crippen LogP contribution in [0.25, 0.3) is 0 Å². The molecule has 0 aromatic heterocycles. The van der Waals surface area contributed by atoms with Gasteiger partial charge in [-0.3, -0.25) is 0 Å². The minimum absolute atomic E-state index is 0.0488. The van der Waals surface area contributed by atoms with E-state index < -0.39 is 0 Å². The van der Waals surface area contributed by atoms with Crippen LogP contribution >= 0.6 is 0 Å². The Morgan fingerprint density at radius 1 is 0.800 bits per heavy atom. The quantitative estimate of drug-likeness (QED) is 0.250. The van der Waals surface area contributed by atoms with Crippen LogP contribution in [0.1, 0.15) is 57.8 Å². The lowest BCUT2D eigenvalue weighted by molar-refractivity contribution is 0.577. The van der Waals surface area contributed by atoms with E-state index in [0.29, 0.717) is 0 Å². The van der Waals surface area contributed by atoms with E-state index in [1.165, 1.54) is 63.8 Å². The van der Waals surface area contributed by atoms with Crippen LogP contribution in [0.15, 0.2) is 12.7 Å². The number of rotatable bonds is 11. The largest absolute Gasteiger partial charge is 0.103 e. The van der Waals surface area contributed by atoms with E-state index in [9.17, 15) is 0 Å². The third kappa shape index (κ3) is 14.0. The maximum atomic E-state index is 3.74. The third-order valence-electron chi connectivity index (χ3n) is 2.84. The van der Waals surface area contributed by atoms with Crippen LogP contribution in [0.2, 0.25) is 19.1 Å². The van der Waals surface area contributed by atoms with Crippen molar-refractivity contribution in [3.63, 3.8) is 0 Å². The molecule has 1 heteroatoms. The first-order valence-corrected chi connectivity index (χ1v) is 9.38. The molecule has 89 valence electrons. The zero-order valence-electron chi connectivity index (χ0n) is 10.9. The van der Waals surface area contributed by atoms with Crippen molar-refractivity contribution in [3.05, 3.63) is 12.7 Å². The highest BCUT2D eigenvalue weighted by molar-refractivity contribution is 6.55. The predicted molar refractivity (Wildman–Crippen MR) is 74.0 cm³/mol. The van der Waals surface area contributed by atoms with Gasteiger partial charge in [0.15, 0.2) is 0 Å². The van der Waals surface area contributed by atoms with Crippen LogP contribution in [0.3, 0.4) is 0 Å². The Kier molecular flexibility index (Phi) is 12.0. The Labute approximate surface area is 98.8 Å². The van der Waals surface area contributed by atoms with E-state index in [1.54, 1.807) is 0 Å². The highest BCUT2D eigenvalue weighted by Crippen LogP contribution is 2.11. The fourth-order valence-corrected chi connectivity index (χ4v) is 2.78. The molecule has 0 nitrogen and oxygen atoms in total. The maximum absolute atomic E-state index is 3.74. The van der Waals surface area contributed by atoms with Gasteiger partial charge in [0.05, 0.1) is 0 Å². The molecule has 0 aliphatic rings. The van der Waals surface area contributed by atoms with Crippen molar-refractivity contribution in [2.24, 2.45) is 0 Å². The Balaban J connectivity index is 2.89. The van der Waals surface area contributed by atoms with Crippen molar-refractivity contribution in [2.45, 2.75) is 76.9 Å². The van der Waals surface area contributed by atoms with E-state index >= 15 is 0 Å². The molecule has 0 fully saturated rings. The molecule has 0 unspecified atom stereocenters. The van der Waals surface area contributed by atoms with Crippen LogP contribution in [-0.4, -0.2) is 8.80 Å². The van der Waals surface area contributed by atoms with E-state index in [0.717, 1.165) is 0 Å². The van der Waals surface area contributed by atoms with Gasteiger partial charge in [-0.05, 0) is 12.8 Å². The van der Waals surface area contributed by atoms with Crippen molar-refractivity contribution in [1.29, 1.82) is 0 Å². The Hall–Kier alpha value is -0.0431. The molecular weight excluding hydrogens is 196 g/mol. The number of allylic oxidation sites excluding steroid dienone is 1. The van der Waals surface area contributed by atoms with Crippen molar-refractivity contribution in [1.82, 2.24) is 0 Å². The summed E-state index contributed by atoms with van der Waals surface area (Å²) in [7, 11) is 0.0488. The summed E-state index contributed by atoms with van der Waals surface area (Å²) >= 11 is 0. The fourth-order valence-electron chi connectivity index (χ4n) is 1.83. The molecule has 0 aromatic carbocycles. The first-order chi connectivity index (χ1) is 7.27. The van der Waals surface area contributed by atoms with Crippen LogP contribution in [0.5, 0.6) is 0 Å². The van der Waals surface area contributed by atoms with Gasteiger partial charge >= 0.3 is 0 Å². The third-order valence-corrected chi connectivity index (χ3v) is 4.19. The lowest BCUT2D eigenvalue weighted by Gasteiger charge is -2.03. The molecule has 1 radical (unpaired) electrons. The van der Waals surface area contributed by atoms with E-state index in [4.69, 9.17) is 0 Å². The molecule has 15 heavy (non-hydrogen) atoms. The minimum Gasteiger partial charge on any atom is -0.103 e. The van der Waals surface area contributed by atoms with Crippen molar-refractivity contribution in [2.75, 3.05) is 0 Å². The van der Waals surface area contributed by atoms with Crippen molar-refractivity contribution < 1.29 is 0 Å². The number of hydrogen-bond donors (Lipinski definition) is 0. The lowest BCUT2D eigenvalue weighted by atomic mass is 10.1. The maximum Gasteiger partial charge on any atom is 0.0412 e. The molecule has 0 aliphatic heterocycles. The van der Waals surface area contributed by atoms with Crippen LogP contribution in [0.4, 0.5) is 0 Å². The lowest BCUT2D eigenvalue weighted by Crippen LogP contribution is -1.97. The van der Waals surface area contributed by atoms with Gasteiger partial charge in [0, 0.05) is 8.80 Å². The normalized spacial score (nSPS) is 10.9. The topological polar surface area (TPSA) is 0 Å². The Morgan fingerprint density at radius 2 is 1.27 bits per heavy atom. The highest BCUT2D eigenvalue weighted by Gasteiger charge is 1.96. The predicted octanol–water partition coefficient (Wildman–Crippen LogP) is 5.44. The Bertz CT molecular complexity index is 129. The zero-order chi connectivity index (χ0) is 11.4. The highest BCUT2D eigenvalue weighted by atomic mass is 28.3. The van der Waals surface area contributed by atoms with Crippen molar-refractivity contribution in [3.8, 4) is 0 Å². The fraction of sp³-hybridized carbons (Fsp3) is 0.857. The standard InChI is InChI=1S/C14H29Si/c1-4-5-6-7-8-9-10-11-12-13-14-15(2)3/h4H,1,5-14H2,2-3H3. The molecule has 0 heterocycles. The molecule has 0 atom stereocenters. The zero-order valence-corrected chi connectivity index (χ0v) is 11.9. The molecule has 0 saturated carbocycles. The first kappa shape index (κ1) is 15.0. The van der Waals surface area contributed by atoms with Gasteiger partial charge in [-0.15, -0.1) is 6.58 Å². The summed E-state index contributed by atoms with van der Waals surface area (Å²) in [6.07, 6.45) is 14.8. The van der Waals surface area contributed by atoms with Gasteiger partial charge in [0.25, 0.3) is 0 Å². The molecule has 0 bridgehead atoms. The SMILES string of the molecule is C=CCCCCCCCCCC[Si](C)C. The second-order valence-corrected chi connectivity index (χ2v) is 7.78. The Morgan fingerprint density at radius 3 is 1.73 bits per heavy atom. The molecule has 0 aromatic rings. The van der Waals surface area contributed by atoms with Gasteiger partial charge in [-0.2, -0.15) is 0 Å². The summed E-state index contributed by atoms with van der Waals surface area (Å²) in [4.78, 5) is 0. The van der Waals surface area contributed by atoms with Gasteiger partial charge in [0.1, 0.15) is 0 Å². The summed E-state index contributed by atoms with van der Waals surface area (Å²) in [6.45, 7) is 8.59. The molecule has 0 spiro atoms. The van der Waals surface area contributed by atoms with Crippen molar-refractivity contribution >= 4 is 8.80 Å². The summed E-state index contributed by atoms with van der Waals surface area (Å²) in [5, 5.41) is 0. The second-order valence-electron chi connectivity index (χ2n) is 4.86.